The standard InChI is InChI=1S/C22H15Cl2N5O3/c23-13-5-6-16-17(11-13)27-22(32)19(26-16)18(20(30)14-3-1-2-4-15(14)24)28-29-21(31)12-7-9-25-10-8-12/h1-11,18,28H,(H,27,32)(H,29,31). The number of hydrogen-bond acceptors (Lipinski definition) is 6. The van der Waals surface area contributed by atoms with Crippen LogP contribution in [0.4, 0.5) is 0 Å². The molecule has 0 aliphatic carbocycles. The Kier molecular flexibility index (Phi) is 6.27. The molecule has 1 atom stereocenters. The lowest BCUT2D eigenvalue weighted by Gasteiger charge is -2.18. The van der Waals surface area contributed by atoms with E-state index in [1.807, 2.05) is 0 Å². The highest BCUT2D eigenvalue weighted by atomic mass is 35.5. The quantitative estimate of drug-likeness (QED) is 0.295. The van der Waals surface area contributed by atoms with Crippen LogP contribution in [0.5, 0.6) is 0 Å². The largest absolute Gasteiger partial charge is 0.319 e. The fourth-order valence-corrected chi connectivity index (χ4v) is 3.46. The Balaban J connectivity index is 1.74. The number of benzene rings is 2. The van der Waals surface area contributed by atoms with Crippen molar-refractivity contribution in [2.75, 3.05) is 0 Å². The maximum Gasteiger partial charge on any atom is 0.272 e. The second-order valence-corrected chi connectivity index (χ2v) is 7.57. The topological polar surface area (TPSA) is 117 Å². The van der Waals surface area contributed by atoms with E-state index in [1.54, 1.807) is 36.4 Å². The highest BCUT2D eigenvalue weighted by Crippen LogP contribution is 2.23. The molecular formula is C22H15Cl2N5O3. The Morgan fingerprint density at radius 3 is 2.50 bits per heavy atom. The first-order valence-corrected chi connectivity index (χ1v) is 10.1. The van der Waals surface area contributed by atoms with Crippen molar-refractivity contribution in [3.8, 4) is 0 Å². The number of hydrogen-bond donors (Lipinski definition) is 3. The summed E-state index contributed by atoms with van der Waals surface area (Å²) in [4.78, 5) is 49.5. The second kappa shape index (κ2) is 9.27. The van der Waals surface area contributed by atoms with Crippen molar-refractivity contribution in [1.82, 2.24) is 25.8 Å². The zero-order valence-corrected chi connectivity index (χ0v) is 17.8. The van der Waals surface area contributed by atoms with Crippen molar-refractivity contribution in [2.45, 2.75) is 6.04 Å². The number of H-pyrrole nitrogens is 1. The number of nitrogens with zero attached hydrogens (tertiary/aromatic N) is 2. The molecule has 0 bridgehead atoms. The van der Waals surface area contributed by atoms with Crippen LogP contribution in [-0.4, -0.2) is 26.6 Å². The molecule has 2 aromatic heterocycles. The smallest absolute Gasteiger partial charge is 0.272 e. The molecule has 4 rings (SSSR count). The van der Waals surface area contributed by atoms with Crippen molar-refractivity contribution < 1.29 is 9.59 Å². The molecule has 10 heteroatoms. The third-order valence-electron chi connectivity index (χ3n) is 4.63. The van der Waals surface area contributed by atoms with Gasteiger partial charge in [0, 0.05) is 28.5 Å². The number of halogens is 2. The molecule has 32 heavy (non-hydrogen) atoms. The molecule has 0 aliphatic heterocycles. The normalized spacial score (nSPS) is 11.8. The van der Waals surface area contributed by atoms with Crippen LogP contribution in [0.3, 0.4) is 0 Å². The van der Waals surface area contributed by atoms with E-state index in [0.29, 0.717) is 21.6 Å². The Bertz CT molecular complexity index is 1380. The lowest BCUT2D eigenvalue weighted by molar-refractivity contribution is 0.0880. The average Bonchev–Trinajstić information content (AvgIpc) is 2.80. The van der Waals surface area contributed by atoms with Gasteiger partial charge in [0.1, 0.15) is 11.7 Å². The van der Waals surface area contributed by atoms with Crippen molar-refractivity contribution in [3.05, 3.63) is 104 Å². The Morgan fingerprint density at radius 2 is 1.75 bits per heavy atom. The maximum absolute atomic E-state index is 13.3. The lowest BCUT2D eigenvalue weighted by atomic mass is 10.0. The fourth-order valence-electron chi connectivity index (χ4n) is 3.06. The summed E-state index contributed by atoms with van der Waals surface area (Å²) < 4.78 is 0. The third-order valence-corrected chi connectivity index (χ3v) is 5.19. The van der Waals surface area contributed by atoms with Crippen LogP contribution < -0.4 is 16.4 Å². The molecule has 0 fully saturated rings. The van der Waals surface area contributed by atoms with Gasteiger partial charge in [-0.15, -0.1) is 0 Å². The number of nitrogens with one attached hydrogen (secondary N) is 3. The van der Waals surface area contributed by atoms with E-state index in [9.17, 15) is 14.4 Å². The van der Waals surface area contributed by atoms with Crippen LogP contribution in [0.1, 0.15) is 32.5 Å². The van der Waals surface area contributed by atoms with Crippen LogP contribution in [0.25, 0.3) is 11.0 Å². The molecule has 8 nitrogen and oxygen atoms in total. The summed E-state index contributed by atoms with van der Waals surface area (Å²) in [5.74, 6) is -1.06. The zero-order valence-electron chi connectivity index (χ0n) is 16.3. The number of fused-ring (bicyclic) bond motifs is 1. The maximum atomic E-state index is 13.3. The Hall–Kier alpha value is -3.59. The molecule has 0 aliphatic rings. The molecule has 1 unspecified atom stereocenters. The fraction of sp³-hybridized carbons (Fsp3) is 0.0455. The van der Waals surface area contributed by atoms with Gasteiger partial charge in [-0.2, -0.15) is 0 Å². The molecule has 0 saturated heterocycles. The first kappa shape index (κ1) is 21.6. The van der Waals surface area contributed by atoms with Gasteiger partial charge >= 0.3 is 0 Å². The minimum atomic E-state index is -1.32. The molecule has 0 radical (unpaired) electrons. The molecule has 1 amide bonds. The summed E-state index contributed by atoms with van der Waals surface area (Å²) in [6.07, 6.45) is 2.92. The van der Waals surface area contributed by atoms with Crippen molar-refractivity contribution in [3.63, 3.8) is 0 Å². The first-order valence-electron chi connectivity index (χ1n) is 9.38. The highest BCUT2D eigenvalue weighted by Gasteiger charge is 2.28. The molecule has 2 aromatic carbocycles. The lowest BCUT2D eigenvalue weighted by Crippen LogP contribution is -2.45. The van der Waals surface area contributed by atoms with Crippen molar-refractivity contribution in [2.24, 2.45) is 0 Å². The van der Waals surface area contributed by atoms with Crippen LogP contribution in [0.15, 0.2) is 71.8 Å². The van der Waals surface area contributed by atoms with E-state index < -0.39 is 23.3 Å². The number of aromatic nitrogens is 3. The number of carbonyl (C=O) groups excluding carboxylic acids is 2. The third kappa shape index (κ3) is 4.52. The van der Waals surface area contributed by atoms with E-state index in [-0.39, 0.29) is 16.3 Å². The van der Waals surface area contributed by atoms with E-state index in [2.05, 4.69) is 25.8 Å². The number of ketones is 1. The van der Waals surface area contributed by atoms with E-state index >= 15 is 0 Å². The minimum Gasteiger partial charge on any atom is -0.319 e. The molecule has 3 N–H and O–H groups in total. The number of hydrazine groups is 1. The second-order valence-electron chi connectivity index (χ2n) is 6.72. The molecule has 2 heterocycles. The number of rotatable bonds is 6. The van der Waals surface area contributed by atoms with Crippen LogP contribution in [-0.2, 0) is 0 Å². The summed E-state index contributed by atoms with van der Waals surface area (Å²) in [5, 5.41) is 0.628. The van der Waals surface area contributed by atoms with Crippen LogP contribution in [0, 0.1) is 0 Å². The minimum absolute atomic E-state index is 0.139. The molecule has 0 spiro atoms. The van der Waals surface area contributed by atoms with Gasteiger partial charge in [-0.25, -0.2) is 10.4 Å². The summed E-state index contributed by atoms with van der Waals surface area (Å²) in [5.41, 5.74) is 5.66. The van der Waals surface area contributed by atoms with Crippen LogP contribution in [0.2, 0.25) is 10.0 Å². The number of amides is 1. The van der Waals surface area contributed by atoms with Crippen molar-refractivity contribution >= 4 is 45.9 Å². The summed E-state index contributed by atoms with van der Waals surface area (Å²) in [7, 11) is 0. The Labute approximate surface area is 191 Å². The predicted octanol–water partition coefficient (Wildman–Crippen LogP) is 3.48. The van der Waals surface area contributed by atoms with Gasteiger partial charge in [0.05, 0.1) is 16.1 Å². The zero-order chi connectivity index (χ0) is 22.7. The van der Waals surface area contributed by atoms with Gasteiger partial charge < -0.3 is 4.98 Å². The summed E-state index contributed by atoms with van der Waals surface area (Å²) >= 11 is 12.2. The van der Waals surface area contributed by atoms with Gasteiger partial charge in [0.25, 0.3) is 11.5 Å². The Morgan fingerprint density at radius 1 is 1.00 bits per heavy atom. The van der Waals surface area contributed by atoms with E-state index in [4.69, 9.17) is 23.2 Å². The predicted molar refractivity (Wildman–Crippen MR) is 121 cm³/mol. The van der Waals surface area contributed by atoms with E-state index in [0.717, 1.165) is 0 Å². The van der Waals surface area contributed by atoms with E-state index in [1.165, 1.54) is 30.6 Å². The highest BCUT2D eigenvalue weighted by molar-refractivity contribution is 6.34. The van der Waals surface area contributed by atoms with Gasteiger partial charge in [-0.3, -0.25) is 24.8 Å². The first-order chi connectivity index (χ1) is 15.4. The molecule has 4 aromatic rings. The number of aromatic amines is 1. The monoisotopic (exact) mass is 467 g/mol. The van der Waals surface area contributed by atoms with Crippen molar-refractivity contribution in [1.29, 1.82) is 0 Å². The summed E-state index contributed by atoms with van der Waals surface area (Å²) in [6, 6.07) is 12.9. The molecular weight excluding hydrogens is 453 g/mol. The van der Waals surface area contributed by atoms with Crippen LogP contribution >= 0.6 is 23.2 Å². The number of Topliss-reactive ketones (excluding diaryl/α,β-unsaturated/α-hetero) is 1. The van der Waals surface area contributed by atoms with Gasteiger partial charge in [-0.05, 0) is 42.5 Å². The van der Waals surface area contributed by atoms with Gasteiger partial charge in [0.15, 0.2) is 5.78 Å². The van der Waals surface area contributed by atoms with Gasteiger partial charge in [-0.1, -0.05) is 35.3 Å². The number of pyridine rings is 1. The number of carbonyl (C=O) groups is 2. The molecule has 160 valence electrons. The molecule has 0 saturated carbocycles. The summed E-state index contributed by atoms with van der Waals surface area (Å²) in [6.45, 7) is 0. The van der Waals surface area contributed by atoms with Gasteiger partial charge in [0.2, 0.25) is 0 Å². The SMILES string of the molecule is O=C(NNC(C(=O)c1ccccc1Cl)c1nc2ccc(Cl)cc2[nH]c1=O)c1ccncc1. The average molecular weight is 468 g/mol.